The highest BCUT2D eigenvalue weighted by atomic mass is 16.5. The van der Waals surface area contributed by atoms with Gasteiger partial charge in [0.15, 0.2) is 0 Å². The SMILES string of the molecule is C/C=C/CC1CCC(CCC2CCC(c3ccc(COCCCCC)cc3)CC2)CC1. The number of hydrogen-bond donors (Lipinski definition) is 0. The molecular formula is C30H48O. The molecule has 2 aliphatic carbocycles. The number of rotatable bonds is 12. The molecule has 0 bridgehead atoms. The highest BCUT2D eigenvalue weighted by Gasteiger charge is 2.25. The predicted molar refractivity (Wildman–Crippen MR) is 134 cm³/mol. The van der Waals surface area contributed by atoms with E-state index in [-0.39, 0.29) is 0 Å². The summed E-state index contributed by atoms with van der Waals surface area (Å²) in [6.45, 7) is 6.07. The molecule has 0 spiro atoms. The van der Waals surface area contributed by atoms with Crippen LogP contribution in [0.5, 0.6) is 0 Å². The zero-order valence-electron chi connectivity index (χ0n) is 20.5. The minimum Gasteiger partial charge on any atom is -0.377 e. The van der Waals surface area contributed by atoms with Gasteiger partial charge in [-0.3, -0.25) is 0 Å². The van der Waals surface area contributed by atoms with Gasteiger partial charge in [0.2, 0.25) is 0 Å². The van der Waals surface area contributed by atoms with E-state index in [1.54, 1.807) is 5.56 Å². The minimum absolute atomic E-state index is 0.772. The Balaban J connectivity index is 1.30. The lowest BCUT2D eigenvalue weighted by molar-refractivity contribution is 0.117. The maximum absolute atomic E-state index is 5.82. The molecule has 2 aliphatic rings. The first-order valence-electron chi connectivity index (χ1n) is 13.6. The van der Waals surface area contributed by atoms with E-state index in [1.807, 2.05) is 0 Å². The summed E-state index contributed by atoms with van der Waals surface area (Å²) in [7, 11) is 0. The Morgan fingerprint density at radius 2 is 1.42 bits per heavy atom. The average molecular weight is 425 g/mol. The molecule has 3 rings (SSSR count). The summed E-state index contributed by atoms with van der Waals surface area (Å²) in [5.41, 5.74) is 2.89. The van der Waals surface area contributed by atoms with Gasteiger partial charge in [0, 0.05) is 6.61 Å². The summed E-state index contributed by atoms with van der Waals surface area (Å²) in [5.74, 6) is 3.78. The Kier molecular flexibility index (Phi) is 11.2. The molecule has 1 aromatic carbocycles. The molecule has 31 heavy (non-hydrogen) atoms. The first-order valence-corrected chi connectivity index (χ1v) is 13.6. The fourth-order valence-electron chi connectivity index (χ4n) is 5.87. The molecule has 174 valence electrons. The molecular weight excluding hydrogens is 376 g/mol. The molecule has 0 radical (unpaired) electrons. The van der Waals surface area contributed by atoms with E-state index in [0.29, 0.717) is 0 Å². The van der Waals surface area contributed by atoms with Gasteiger partial charge >= 0.3 is 0 Å². The van der Waals surface area contributed by atoms with Crippen LogP contribution in [0.2, 0.25) is 0 Å². The molecule has 1 nitrogen and oxygen atoms in total. The molecule has 0 aliphatic heterocycles. The second kappa shape index (κ2) is 14.1. The molecule has 0 unspecified atom stereocenters. The van der Waals surface area contributed by atoms with Crippen molar-refractivity contribution in [1.29, 1.82) is 0 Å². The summed E-state index contributed by atoms with van der Waals surface area (Å²) in [6.07, 6.45) is 24.3. The van der Waals surface area contributed by atoms with Crippen molar-refractivity contribution < 1.29 is 4.74 Å². The van der Waals surface area contributed by atoms with Crippen LogP contribution in [0.15, 0.2) is 36.4 Å². The Hall–Kier alpha value is -1.08. The number of benzene rings is 1. The number of hydrogen-bond acceptors (Lipinski definition) is 1. The monoisotopic (exact) mass is 424 g/mol. The van der Waals surface area contributed by atoms with Gasteiger partial charge in [0.1, 0.15) is 0 Å². The number of unbranched alkanes of at least 4 members (excludes halogenated alkanes) is 2. The van der Waals surface area contributed by atoms with Gasteiger partial charge in [0.25, 0.3) is 0 Å². The van der Waals surface area contributed by atoms with Crippen LogP contribution in [0.25, 0.3) is 0 Å². The second-order valence-corrected chi connectivity index (χ2v) is 10.5. The van der Waals surface area contributed by atoms with Gasteiger partial charge in [-0.25, -0.2) is 0 Å². The van der Waals surface area contributed by atoms with Crippen LogP contribution < -0.4 is 0 Å². The molecule has 2 fully saturated rings. The maximum Gasteiger partial charge on any atom is 0.0716 e. The van der Waals surface area contributed by atoms with Crippen molar-refractivity contribution in [1.82, 2.24) is 0 Å². The Morgan fingerprint density at radius 3 is 2.03 bits per heavy atom. The standard InChI is InChI=1S/C30H48O/c1-3-5-7-23-31-24-28-17-21-30(22-18-28)29-19-15-27(16-20-29)14-13-26-11-9-25(10-12-26)8-6-4-2/h4,6,17-18,21-22,25-27,29H,3,5,7-16,19-20,23-24H2,1-2H3/b6-4+. The van der Waals surface area contributed by atoms with Crippen molar-refractivity contribution in [3.8, 4) is 0 Å². The van der Waals surface area contributed by atoms with Gasteiger partial charge in [-0.15, -0.1) is 0 Å². The van der Waals surface area contributed by atoms with Crippen LogP contribution in [0.3, 0.4) is 0 Å². The Labute approximate surface area is 193 Å². The highest BCUT2D eigenvalue weighted by molar-refractivity contribution is 5.25. The topological polar surface area (TPSA) is 9.23 Å². The third kappa shape index (κ3) is 8.76. The fraction of sp³-hybridized carbons (Fsp3) is 0.733. The van der Waals surface area contributed by atoms with E-state index in [0.717, 1.165) is 36.9 Å². The van der Waals surface area contributed by atoms with Gasteiger partial charge in [-0.1, -0.05) is 81.9 Å². The van der Waals surface area contributed by atoms with E-state index in [2.05, 4.69) is 50.3 Å². The van der Waals surface area contributed by atoms with Crippen molar-refractivity contribution >= 4 is 0 Å². The summed E-state index contributed by atoms with van der Waals surface area (Å²) in [5, 5.41) is 0. The van der Waals surface area contributed by atoms with E-state index in [4.69, 9.17) is 4.74 Å². The molecule has 1 heteroatoms. The number of allylic oxidation sites excluding steroid dienone is 2. The Morgan fingerprint density at radius 1 is 0.806 bits per heavy atom. The van der Waals surface area contributed by atoms with Crippen LogP contribution in [0.1, 0.15) is 121 Å². The zero-order valence-corrected chi connectivity index (χ0v) is 20.5. The summed E-state index contributed by atoms with van der Waals surface area (Å²) >= 11 is 0. The zero-order chi connectivity index (χ0) is 21.7. The largest absolute Gasteiger partial charge is 0.377 e. The van der Waals surface area contributed by atoms with E-state index < -0.39 is 0 Å². The molecule has 0 amide bonds. The molecule has 1 aromatic rings. The van der Waals surface area contributed by atoms with Crippen molar-refractivity contribution in [2.45, 2.75) is 116 Å². The number of ether oxygens (including phenoxy) is 1. The first kappa shape index (κ1) is 24.6. The van der Waals surface area contributed by atoms with Crippen LogP contribution >= 0.6 is 0 Å². The van der Waals surface area contributed by atoms with Crippen LogP contribution in [-0.2, 0) is 11.3 Å². The quantitative estimate of drug-likeness (QED) is 0.240. The summed E-state index contributed by atoms with van der Waals surface area (Å²) in [4.78, 5) is 0. The fourth-order valence-corrected chi connectivity index (χ4v) is 5.87. The van der Waals surface area contributed by atoms with Gasteiger partial charge in [-0.2, -0.15) is 0 Å². The minimum atomic E-state index is 0.772. The highest BCUT2D eigenvalue weighted by Crippen LogP contribution is 2.40. The maximum atomic E-state index is 5.82. The van der Waals surface area contributed by atoms with Crippen molar-refractivity contribution in [2.75, 3.05) is 6.61 Å². The van der Waals surface area contributed by atoms with Crippen molar-refractivity contribution in [3.05, 3.63) is 47.5 Å². The van der Waals surface area contributed by atoms with Crippen LogP contribution in [0, 0.1) is 17.8 Å². The third-order valence-corrected chi connectivity index (χ3v) is 8.11. The van der Waals surface area contributed by atoms with Gasteiger partial charge < -0.3 is 4.74 Å². The van der Waals surface area contributed by atoms with Crippen LogP contribution in [-0.4, -0.2) is 6.61 Å². The van der Waals surface area contributed by atoms with Crippen molar-refractivity contribution in [3.63, 3.8) is 0 Å². The molecule has 0 heterocycles. The molecule has 0 aromatic heterocycles. The lowest BCUT2D eigenvalue weighted by Crippen LogP contribution is -2.17. The van der Waals surface area contributed by atoms with E-state index >= 15 is 0 Å². The molecule has 0 atom stereocenters. The lowest BCUT2D eigenvalue weighted by Gasteiger charge is -2.32. The lowest BCUT2D eigenvalue weighted by atomic mass is 9.74. The van der Waals surface area contributed by atoms with Gasteiger partial charge in [-0.05, 0) is 93.1 Å². The second-order valence-electron chi connectivity index (χ2n) is 10.5. The molecule has 0 N–H and O–H groups in total. The smallest absolute Gasteiger partial charge is 0.0716 e. The van der Waals surface area contributed by atoms with E-state index in [1.165, 1.54) is 95.5 Å². The molecule has 2 saturated carbocycles. The predicted octanol–water partition coefficient (Wildman–Crippen LogP) is 9.22. The average Bonchev–Trinajstić information content (AvgIpc) is 2.83. The normalized spacial score (nSPS) is 27.0. The van der Waals surface area contributed by atoms with E-state index in [9.17, 15) is 0 Å². The van der Waals surface area contributed by atoms with Gasteiger partial charge in [0.05, 0.1) is 6.61 Å². The Bertz CT molecular complexity index is 600. The third-order valence-electron chi connectivity index (χ3n) is 8.11. The van der Waals surface area contributed by atoms with Crippen LogP contribution in [0.4, 0.5) is 0 Å². The summed E-state index contributed by atoms with van der Waals surface area (Å²) < 4.78 is 5.82. The van der Waals surface area contributed by atoms with Crippen molar-refractivity contribution in [2.24, 2.45) is 17.8 Å². The molecule has 0 saturated heterocycles. The summed E-state index contributed by atoms with van der Waals surface area (Å²) in [6, 6.07) is 9.35. The first-order chi connectivity index (χ1) is 15.3.